The Morgan fingerprint density at radius 3 is 1.43 bits per heavy atom. The average Bonchev–Trinajstić information content (AvgIpc) is 3.21. The van der Waals surface area contributed by atoms with Crippen molar-refractivity contribution in [3.63, 3.8) is 0 Å². The Morgan fingerprint density at radius 1 is 0.635 bits per heavy atom. The Morgan fingerprint density at radius 2 is 1.03 bits per heavy atom. The molecule has 19 heteroatoms. The first-order valence-electron chi connectivity index (χ1n) is 20.2. The third kappa shape index (κ3) is 9.27. The summed E-state index contributed by atoms with van der Waals surface area (Å²) < 4.78 is 9.66. The third-order valence-corrected chi connectivity index (χ3v) is 12.6. The lowest BCUT2D eigenvalue weighted by molar-refractivity contribution is -0.385. The second-order valence-corrected chi connectivity index (χ2v) is 17.1. The number of benzene rings is 4. The number of nitro benzene ring substituents is 2. The number of H-pyrrole nitrogens is 2. The van der Waals surface area contributed by atoms with E-state index in [9.17, 15) is 39.4 Å². The highest BCUT2D eigenvalue weighted by molar-refractivity contribution is 6.61. The van der Waals surface area contributed by atoms with E-state index in [1.807, 2.05) is 48.5 Å². The quantitative estimate of drug-likeness (QED) is 0.0676. The second-order valence-electron chi connectivity index (χ2n) is 16.8. The summed E-state index contributed by atoms with van der Waals surface area (Å²) in [5.41, 5.74) is 7.20. The molecule has 5 N–H and O–H groups in total. The molecule has 2 aromatic heterocycles. The van der Waals surface area contributed by atoms with E-state index in [2.05, 4.69) is 30.4 Å². The number of aromatic nitrogens is 4. The number of non-ortho nitro benzene ring substituents is 2. The molecule has 4 saturated carbocycles. The van der Waals surface area contributed by atoms with E-state index >= 15 is 0 Å². The van der Waals surface area contributed by atoms with Crippen LogP contribution in [0.5, 0.6) is 11.5 Å². The van der Waals surface area contributed by atoms with Crippen LogP contribution in [-0.2, 0) is 0 Å². The second kappa shape index (κ2) is 17.4. The minimum atomic E-state index is -0.978. The van der Waals surface area contributed by atoms with Crippen LogP contribution in [0.25, 0.3) is 21.5 Å². The predicted octanol–water partition coefficient (Wildman–Crippen LogP) is 7.89. The molecule has 0 bridgehead atoms. The van der Waals surface area contributed by atoms with Crippen LogP contribution in [0.2, 0.25) is 0 Å². The molecule has 0 unspecified atom stereocenters. The van der Waals surface area contributed by atoms with Gasteiger partial charge in [-0.3, -0.25) is 29.8 Å². The summed E-state index contributed by atoms with van der Waals surface area (Å²) in [6.07, 6.45) is 7.80. The van der Waals surface area contributed by atoms with Gasteiger partial charge in [0.2, 0.25) is 0 Å². The predicted molar refractivity (Wildman–Crippen MR) is 231 cm³/mol. The van der Waals surface area contributed by atoms with Gasteiger partial charge >= 0.3 is 11.5 Å². The van der Waals surface area contributed by atoms with Gasteiger partial charge in [-0.25, -0.2) is 19.8 Å². The first-order chi connectivity index (χ1) is 30.2. The van der Waals surface area contributed by atoms with E-state index in [-0.39, 0.29) is 45.4 Å². The minimum absolute atomic E-state index is 0.0479. The molecular formula is C44H41ClN8O10. The Hall–Kier alpha value is -7.05. The van der Waals surface area contributed by atoms with Crippen LogP contribution in [0, 0.1) is 31.1 Å². The van der Waals surface area contributed by atoms with Gasteiger partial charge < -0.3 is 20.5 Å². The molecule has 4 aliphatic carbocycles. The summed E-state index contributed by atoms with van der Waals surface area (Å²) in [5.74, 6) is 1.21. The lowest BCUT2D eigenvalue weighted by atomic mass is 9.49. The molecule has 4 aromatic carbocycles. The summed E-state index contributed by atoms with van der Waals surface area (Å²) in [6, 6.07) is 26.1. The van der Waals surface area contributed by atoms with E-state index in [0.717, 1.165) is 66.1 Å². The largest absolute Gasteiger partial charge is 0.414 e. The number of aromatic amines is 2. The van der Waals surface area contributed by atoms with Crippen molar-refractivity contribution in [1.29, 1.82) is 0 Å². The van der Waals surface area contributed by atoms with Gasteiger partial charge in [-0.15, -0.1) is 0 Å². The lowest BCUT2D eigenvalue weighted by Crippen LogP contribution is -2.56. The highest BCUT2D eigenvalue weighted by atomic mass is 35.5. The molecule has 0 saturated heterocycles. The number of nitrogens with zero attached hydrogens (tertiary/aromatic N) is 4. The number of carbonyl (C=O) groups excluding carboxylic acids is 2. The van der Waals surface area contributed by atoms with E-state index < -0.39 is 21.4 Å². The van der Waals surface area contributed by atoms with Gasteiger partial charge in [0.15, 0.2) is 0 Å². The van der Waals surface area contributed by atoms with Gasteiger partial charge in [0.05, 0.1) is 32.0 Å². The molecule has 4 fully saturated rings. The van der Waals surface area contributed by atoms with Crippen molar-refractivity contribution in [3.8, 4) is 11.5 Å². The molecule has 2 heterocycles. The van der Waals surface area contributed by atoms with Gasteiger partial charge in [0.1, 0.15) is 11.5 Å². The van der Waals surface area contributed by atoms with E-state index in [1.165, 1.54) is 61.4 Å². The van der Waals surface area contributed by atoms with Crippen LogP contribution < -0.4 is 31.6 Å². The number of carbonyl (C=O) groups is 2. The Balaban J connectivity index is 0.000000144. The number of rotatable bonds is 7. The molecule has 6 aromatic rings. The summed E-state index contributed by atoms with van der Waals surface area (Å²) in [5, 5.41) is 40.9. The fourth-order valence-electron chi connectivity index (χ4n) is 9.73. The molecule has 0 atom stereocenters. The number of ether oxygens (including phenoxy) is 2. The molecule has 18 nitrogen and oxygen atoms in total. The minimum Gasteiger partial charge on any atom is -0.414 e. The van der Waals surface area contributed by atoms with Gasteiger partial charge in [0.25, 0.3) is 22.5 Å². The standard InChI is InChI=1S/C22H20N4O5.C15H17N3O.C7H4ClNO4/c27-20-18-4-2-1-3-17(18)19(24-25-20)13-9-22(10-13)11-14(12-22)23-21(28)31-16-7-5-15(6-8-16)26(29)30;16-10-7-15(8-10)5-9(6-15)13-11-3-1-2-4-12(11)14(19)18-17-13;8-7(10)13-6-3-1-5(2-4-6)9(11)12/h1-8,13-14H,9-12H2,(H,23,28)(H,25,27);1-4,9-10H,5-8,16H2,(H,18,19);1-4H. The van der Waals surface area contributed by atoms with E-state index in [0.29, 0.717) is 28.7 Å². The van der Waals surface area contributed by atoms with Crippen LogP contribution >= 0.6 is 11.6 Å². The molecule has 10 rings (SSSR count). The number of amides is 1. The van der Waals surface area contributed by atoms with Crippen molar-refractivity contribution >= 4 is 56.0 Å². The van der Waals surface area contributed by atoms with Gasteiger partial charge in [0, 0.05) is 70.6 Å². The number of halogens is 1. The number of nitrogens with two attached hydrogens (primary N) is 1. The van der Waals surface area contributed by atoms with Crippen LogP contribution in [0.15, 0.2) is 107 Å². The SMILES string of the molecule is NC1CC2(C1)CC(c1n[nH]c(=O)c3ccccc13)C2.O=C(Cl)Oc1ccc([N+](=O)[O-])cc1.O=C(NC1CC2(C1)CC(c1n[nH]c(=O)c3ccccc13)C2)Oc1ccc([N+](=O)[O-])cc1. The average molecular weight is 877 g/mol. The maximum Gasteiger partial charge on any atom is 0.412 e. The number of nitrogens with one attached hydrogen (secondary N) is 3. The lowest BCUT2D eigenvalue weighted by Gasteiger charge is -2.57. The Labute approximate surface area is 362 Å². The zero-order chi connectivity index (χ0) is 44.5. The highest BCUT2D eigenvalue weighted by Gasteiger charge is 2.54. The summed E-state index contributed by atoms with van der Waals surface area (Å²) in [6.45, 7) is 0. The monoisotopic (exact) mass is 876 g/mol. The topological polar surface area (TPSA) is 268 Å². The summed E-state index contributed by atoms with van der Waals surface area (Å²) in [7, 11) is 0. The number of hydrogen-bond acceptors (Lipinski definition) is 13. The van der Waals surface area contributed by atoms with Crippen LogP contribution in [0.1, 0.15) is 74.6 Å². The first-order valence-corrected chi connectivity index (χ1v) is 20.6. The Bertz CT molecular complexity index is 2820. The van der Waals surface area contributed by atoms with Gasteiger partial charge in [-0.1, -0.05) is 36.4 Å². The van der Waals surface area contributed by atoms with E-state index in [1.54, 1.807) is 0 Å². The van der Waals surface area contributed by atoms with Crippen molar-refractivity contribution in [2.24, 2.45) is 16.6 Å². The molecule has 324 valence electrons. The van der Waals surface area contributed by atoms with Crippen molar-refractivity contribution < 1.29 is 28.9 Å². The molecule has 0 aliphatic heterocycles. The molecule has 4 aliphatic rings. The maximum absolute atomic E-state index is 12.1. The van der Waals surface area contributed by atoms with Crippen molar-refractivity contribution in [3.05, 3.63) is 149 Å². The molecule has 2 spiro atoms. The molecule has 1 amide bonds. The zero-order valence-electron chi connectivity index (χ0n) is 33.5. The zero-order valence-corrected chi connectivity index (χ0v) is 34.3. The van der Waals surface area contributed by atoms with Crippen LogP contribution in [0.3, 0.4) is 0 Å². The number of fused-ring (bicyclic) bond motifs is 2. The fourth-order valence-corrected chi connectivity index (χ4v) is 9.82. The number of nitro groups is 2. The fraction of sp³-hybridized carbons (Fsp3) is 0.318. The third-order valence-electron chi connectivity index (χ3n) is 12.5. The normalized spacial score (nSPS) is 23.8. The van der Waals surface area contributed by atoms with Gasteiger partial charge in [-0.05, 0) is 98.6 Å². The molecular weight excluding hydrogens is 836 g/mol. The number of hydrogen-bond donors (Lipinski definition) is 4. The van der Waals surface area contributed by atoms with Gasteiger partial charge in [-0.2, -0.15) is 10.2 Å². The first kappa shape index (κ1) is 42.6. The maximum atomic E-state index is 12.1. The van der Waals surface area contributed by atoms with Crippen molar-refractivity contribution in [2.75, 3.05) is 0 Å². The van der Waals surface area contributed by atoms with Crippen molar-refractivity contribution in [1.82, 2.24) is 25.7 Å². The molecule has 0 radical (unpaired) electrons. The van der Waals surface area contributed by atoms with Crippen LogP contribution in [0.4, 0.5) is 21.0 Å². The molecule has 63 heavy (non-hydrogen) atoms. The van der Waals surface area contributed by atoms with E-state index in [4.69, 9.17) is 22.1 Å². The highest BCUT2D eigenvalue weighted by Crippen LogP contribution is 2.62. The summed E-state index contributed by atoms with van der Waals surface area (Å²) >= 11 is 4.92. The van der Waals surface area contributed by atoms with Crippen molar-refractivity contribution in [2.45, 2.75) is 75.3 Å². The smallest absolute Gasteiger partial charge is 0.412 e. The summed E-state index contributed by atoms with van der Waals surface area (Å²) in [4.78, 5) is 65.9. The van der Waals surface area contributed by atoms with Crippen LogP contribution in [-0.4, -0.2) is 53.8 Å². The Kier molecular flexibility index (Phi) is 11.8.